The van der Waals surface area contributed by atoms with Crippen LogP contribution >= 0.6 is 0 Å². The number of likely N-dealkylation sites (N-methyl/N-ethyl adjacent to an activating group) is 1. The Morgan fingerprint density at radius 2 is 2.05 bits per heavy atom. The fraction of sp³-hybridized carbons (Fsp3) is 0.562. The van der Waals surface area contributed by atoms with Gasteiger partial charge in [-0.15, -0.1) is 0 Å². The van der Waals surface area contributed by atoms with E-state index in [1.807, 2.05) is 19.2 Å². The maximum Gasteiger partial charge on any atom is 0.240 e. The van der Waals surface area contributed by atoms with Gasteiger partial charge in [0.25, 0.3) is 0 Å². The third-order valence-corrected chi connectivity index (χ3v) is 4.10. The number of ether oxygens (including phenoxy) is 1. The fourth-order valence-corrected chi connectivity index (χ4v) is 2.77. The number of nitrogens with zero attached hydrogens (tertiary/aromatic N) is 2. The van der Waals surface area contributed by atoms with Crippen molar-refractivity contribution in [2.45, 2.75) is 26.2 Å². The molecule has 0 unspecified atom stereocenters. The number of amides is 1. The van der Waals surface area contributed by atoms with Crippen molar-refractivity contribution in [3.05, 3.63) is 17.7 Å². The summed E-state index contributed by atoms with van der Waals surface area (Å²) in [7, 11) is 3.42. The van der Waals surface area contributed by atoms with E-state index in [2.05, 4.69) is 11.8 Å². The minimum Gasteiger partial charge on any atom is -0.495 e. The molecular weight excluding hydrogens is 266 g/mol. The predicted octanol–water partition coefficient (Wildman–Crippen LogP) is 1.90. The van der Waals surface area contributed by atoms with Crippen molar-refractivity contribution < 1.29 is 9.53 Å². The predicted molar refractivity (Wildman–Crippen MR) is 85.9 cm³/mol. The molecule has 21 heavy (non-hydrogen) atoms. The van der Waals surface area contributed by atoms with Crippen molar-refractivity contribution in [1.82, 2.24) is 4.90 Å². The Bertz CT molecular complexity index is 510. The summed E-state index contributed by atoms with van der Waals surface area (Å²) in [4.78, 5) is 16.4. The van der Waals surface area contributed by atoms with Crippen LogP contribution in [0.5, 0.6) is 5.75 Å². The molecule has 5 nitrogen and oxygen atoms in total. The van der Waals surface area contributed by atoms with Gasteiger partial charge in [-0.05, 0) is 50.0 Å². The van der Waals surface area contributed by atoms with Crippen LogP contribution in [0.3, 0.4) is 0 Å². The molecule has 1 fully saturated rings. The molecule has 5 heteroatoms. The smallest absolute Gasteiger partial charge is 0.240 e. The molecule has 1 heterocycles. The van der Waals surface area contributed by atoms with Gasteiger partial charge >= 0.3 is 0 Å². The summed E-state index contributed by atoms with van der Waals surface area (Å²) >= 11 is 0. The van der Waals surface area contributed by atoms with Crippen LogP contribution in [0.1, 0.15) is 25.3 Å². The Morgan fingerprint density at radius 1 is 1.38 bits per heavy atom. The highest BCUT2D eigenvalue weighted by Crippen LogP contribution is 2.31. The molecule has 1 aliphatic rings. The van der Waals surface area contributed by atoms with Crippen molar-refractivity contribution in [1.29, 1.82) is 0 Å². The topological polar surface area (TPSA) is 58.8 Å². The van der Waals surface area contributed by atoms with Gasteiger partial charge in [0.2, 0.25) is 5.91 Å². The zero-order valence-electron chi connectivity index (χ0n) is 13.2. The average molecular weight is 291 g/mol. The first-order valence-electron chi connectivity index (χ1n) is 7.52. The molecule has 0 saturated carbocycles. The van der Waals surface area contributed by atoms with Crippen LogP contribution in [0.4, 0.5) is 11.4 Å². The number of hydrogen-bond donors (Lipinski definition) is 1. The number of anilines is 2. The van der Waals surface area contributed by atoms with Gasteiger partial charge in [0.15, 0.2) is 0 Å². The zero-order valence-corrected chi connectivity index (χ0v) is 13.2. The molecule has 1 aromatic rings. The Labute approximate surface area is 126 Å². The molecule has 1 saturated heterocycles. The lowest BCUT2D eigenvalue weighted by atomic mass is 10.1. The maximum absolute atomic E-state index is 12.4. The third-order valence-electron chi connectivity index (χ3n) is 4.10. The Hall–Kier alpha value is -1.75. The van der Waals surface area contributed by atoms with Crippen LogP contribution in [0.15, 0.2) is 12.1 Å². The number of aryl methyl sites for hydroxylation is 1. The molecule has 1 aromatic carbocycles. The van der Waals surface area contributed by atoms with Crippen LogP contribution in [0, 0.1) is 0 Å². The van der Waals surface area contributed by atoms with E-state index in [1.165, 1.54) is 12.8 Å². The first-order chi connectivity index (χ1) is 10.1. The minimum atomic E-state index is 0.108. The molecule has 0 aromatic heterocycles. The lowest BCUT2D eigenvalue weighted by molar-refractivity contribution is -0.119. The van der Waals surface area contributed by atoms with E-state index < -0.39 is 0 Å². The van der Waals surface area contributed by atoms with Crippen molar-refractivity contribution in [2.24, 2.45) is 0 Å². The normalized spacial score (nSPS) is 15.2. The van der Waals surface area contributed by atoms with Gasteiger partial charge in [0.05, 0.1) is 19.3 Å². The highest BCUT2D eigenvalue weighted by atomic mass is 16.5. The SMILES string of the molecule is CCc1cc(OC)c(N)cc1N(C)C(=O)CN1CCCC1. The monoisotopic (exact) mass is 291 g/mol. The van der Waals surface area contributed by atoms with E-state index in [0.717, 1.165) is 30.8 Å². The van der Waals surface area contributed by atoms with E-state index in [1.54, 1.807) is 12.0 Å². The van der Waals surface area contributed by atoms with E-state index in [0.29, 0.717) is 18.0 Å². The average Bonchev–Trinajstić information content (AvgIpc) is 2.99. The second-order valence-electron chi connectivity index (χ2n) is 5.51. The highest BCUT2D eigenvalue weighted by molar-refractivity contribution is 5.95. The molecule has 0 bridgehead atoms. The van der Waals surface area contributed by atoms with Crippen LogP contribution in [-0.2, 0) is 11.2 Å². The first-order valence-corrected chi connectivity index (χ1v) is 7.52. The van der Waals surface area contributed by atoms with Crippen LogP contribution < -0.4 is 15.4 Å². The molecule has 2 N–H and O–H groups in total. The Morgan fingerprint density at radius 3 is 2.62 bits per heavy atom. The summed E-state index contributed by atoms with van der Waals surface area (Å²) in [5, 5.41) is 0. The number of carbonyl (C=O) groups is 1. The van der Waals surface area contributed by atoms with E-state index in [-0.39, 0.29) is 5.91 Å². The van der Waals surface area contributed by atoms with Gasteiger partial charge in [0, 0.05) is 12.7 Å². The van der Waals surface area contributed by atoms with Gasteiger partial charge < -0.3 is 15.4 Å². The number of carbonyl (C=O) groups excluding carboxylic acids is 1. The van der Waals surface area contributed by atoms with Crippen molar-refractivity contribution in [3.8, 4) is 5.75 Å². The summed E-state index contributed by atoms with van der Waals surface area (Å²) in [6, 6.07) is 3.75. The molecule has 1 amide bonds. The maximum atomic E-state index is 12.4. The summed E-state index contributed by atoms with van der Waals surface area (Å²) in [6.07, 6.45) is 3.20. The second kappa shape index (κ2) is 6.80. The van der Waals surface area contributed by atoms with Crippen LogP contribution in [0.25, 0.3) is 0 Å². The summed E-state index contributed by atoms with van der Waals surface area (Å²) < 4.78 is 5.25. The molecule has 2 rings (SSSR count). The number of rotatable bonds is 5. The van der Waals surface area contributed by atoms with E-state index in [9.17, 15) is 4.79 Å². The molecule has 0 aliphatic carbocycles. The van der Waals surface area contributed by atoms with Gasteiger partial charge in [0.1, 0.15) is 5.75 Å². The van der Waals surface area contributed by atoms with Crippen molar-refractivity contribution in [3.63, 3.8) is 0 Å². The van der Waals surface area contributed by atoms with E-state index >= 15 is 0 Å². The highest BCUT2D eigenvalue weighted by Gasteiger charge is 2.20. The number of hydrogen-bond acceptors (Lipinski definition) is 4. The molecule has 0 radical (unpaired) electrons. The molecule has 0 spiro atoms. The number of nitrogens with two attached hydrogens (primary N) is 1. The molecule has 116 valence electrons. The van der Waals surface area contributed by atoms with Crippen LogP contribution in [-0.4, -0.2) is 44.6 Å². The number of likely N-dealkylation sites (tertiary alicyclic amines) is 1. The largest absolute Gasteiger partial charge is 0.495 e. The van der Waals surface area contributed by atoms with Gasteiger partial charge in [-0.2, -0.15) is 0 Å². The van der Waals surface area contributed by atoms with Gasteiger partial charge in [-0.3, -0.25) is 9.69 Å². The third kappa shape index (κ3) is 3.47. The molecule has 0 atom stereocenters. The number of nitrogen functional groups attached to an aromatic ring is 1. The lowest BCUT2D eigenvalue weighted by Crippen LogP contribution is -2.37. The molecular formula is C16H25N3O2. The summed E-state index contributed by atoms with van der Waals surface area (Å²) in [6.45, 7) is 4.58. The fourth-order valence-electron chi connectivity index (χ4n) is 2.77. The Kier molecular flexibility index (Phi) is 5.07. The van der Waals surface area contributed by atoms with Gasteiger partial charge in [-0.1, -0.05) is 6.92 Å². The summed E-state index contributed by atoms with van der Waals surface area (Å²) in [5.74, 6) is 0.771. The quantitative estimate of drug-likeness (QED) is 0.842. The van der Waals surface area contributed by atoms with Crippen molar-refractivity contribution in [2.75, 3.05) is 44.4 Å². The molecule has 1 aliphatic heterocycles. The number of benzene rings is 1. The van der Waals surface area contributed by atoms with Crippen LogP contribution in [0.2, 0.25) is 0 Å². The summed E-state index contributed by atoms with van der Waals surface area (Å²) in [5.41, 5.74) is 8.49. The van der Waals surface area contributed by atoms with E-state index in [4.69, 9.17) is 10.5 Å². The number of methoxy groups -OCH3 is 1. The van der Waals surface area contributed by atoms with Gasteiger partial charge in [-0.25, -0.2) is 0 Å². The van der Waals surface area contributed by atoms with Crippen molar-refractivity contribution >= 4 is 17.3 Å². The first kappa shape index (κ1) is 15.6. The second-order valence-corrected chi connectivity index (χ2v) is 5.51. The standard InChI is InChI=1S/C16H25N3O2/c1-4-12-9-15(21-3)13(17)10-14(12)18(2)16(20)11-19-7-5-6-8-19/h9-10H,4-8,11,17H2,1-3H3. The zero-order chi connectivity index (χ0) is 15.4. The lowest BCUT2D eigenvalue weighted by Gasteiger charge is -2.24. The Balaban J connectivity index is 2.18. The minimum absolute atomic E-state index is 0.108.